The van der Waals surface area contributed by atoms with Crippen LogP contribution in [0.5, 0.6) is 0 Å². The number of nitrogens with one attached hydrogen (secondary N) is 2. The monoisotopic (exact) mass is 348 g/mol. The molecule has 1 aromatic rings. The summed E-state index contributed by atoms with van der Waals surface area (Å²) in [6, 6.07) is 8.70. The number of hydrogen-bond acceptors (Lipinski definition) is 3. The molecule has 0 unspecified atom stereocenters. The lowest BCUT2D eigenvalue weighted by atomic mass is 9.90. The maximum atomic E-state index is 4.69. The van der Waals surface area contributed by atoms with Gasteiger partial charge in [-0.2, -0.15) is 0 Å². The summed E-state index contributed by atoms with van der Waals surface area (Å²) in [5.41, 5.74) is 2.45. The van der Waals surface area contributed by atoms with E-state index >= 15 is 0 Å². The Labute approximate surface area is 134 Å². The second kappa shape index (κ2) is 6.62. The zero-order valence-electron chi connectivity index (χ0n) is 12.3. The first-order chi connectivity index (χ1) is 10.2. The number of halogens is 1. The predicted molar refractivity (Wildman–Crippen MR) is 91.2 cm³/mol. The van der Waals surface area contributed by atoms with Gasteiger partial charge in [-0.1, -0.05) is 12.1 Å². The van der Waals surface area contributed by atoms with Crippen LogP contribution in [0.1, 0.15) is 24.3 Å². The lowest BCUT2D eigenvalue weighted by Crippen LogP contribution is -2.36. The van der Waals surface area contributed by atoms with Gasteiger partial charge in [-0.15, -0.1) is 0 Å². The van der Waals surface area contributed by atoms with Gasteiger partial charge in [0.2, 0.25) is 0 Å². The normalized spacial score (nSPS) is 22.1. The molecule has 2 aliphatic rings. The van der Waals surface area contributed by atoms with E-state index in [0.29, 0.717) is 5.92 Å². The molecule has 0 radical (unpaired) electrons. The molecule has 0 saturated carbocycles. The van der Waals surface area contributed by atoms with Crippen LogP contribution < -0.4 is 10.6 Å². The van der Waals surface area contributed by atoms with Crippen LogP contribution >= 0.6 is 15.9 Å². The Morgan fingerprint density at radius 3 is 2.57 bits per heavy atom. The van der Waals surface area contributed by atoms with Gasteiger partial charge in [0.05, 0.1) is 16.8 Å². The van der Waals surface area contributed by atoms with Crippen molar-refractivity contribution in [1.82, 2.24) is 15.5 Å². The van der Waals surface area contributed by atoms with Crippen LogP contribution in [0.25, 0.3) is 0 Å². The second-order valence-corrected chi connectivity index (χ2v) is 6.55. The van der Waals surface area contributed by atoms with E-state index in [2.05, 4.69) is 60.7 Å². The molecule has 2 heterocycles. The molecular weight excluding hydrogens is 328 g/mol. The summed E-state index contributed by atoms with van der Waals surface area (Å²) in [5, 5.41) is 6.66. The van der Waals surface area contributed by atoms with Gasteiger partial charge in [0, 0.05) is 13.2 Å². The van der Waals surface area contributed by atoms with Crippen molar-refractivity contribution < 1.29 is 0 Å². The predicted octanol–water partition coefficient (Wildman–Crippen LogP) is 2.91. The van der Waals surface area contributed by atoms with E-state index in [-0.39, 0.29) is 0 Å². The Bertz CT molecular complexity index is 544. The van der Waals surface area contributed by atoms with E-state index in [1.165, 1.54) is 18.4 Å². The molecule has 0 aliphatic carbocycles. The minimum atomic E-state index is 0.698. The number of likely N-dealkylation sites (N-methyl/N-ethyl adjacent to an activating group) is 1. The SMILES string of the molecule is CN1C=C(Br)NC(=Nc2ccc(C3CCNCC3)cc2)C1. The minimum Gasteiger partial charge on any atom is -0.371 e. The average Bonchev–Trinajstić information content (AvgIpc) is 2.48. The third-order valence-corrected chi connectivity index (χ3v) is 4.37. The summed E-state index contributed by atoms with van der Waals surface area (Å²) in [4.78, 5) is 6.79. The fourth-order valence-electron chi connectivity index (χ4n) is 2.88. The number of benzene rings is 1. The minimum absolute atomic E-state index is 0.698. The van der Waals surface area contributed by atoms with Crippen LogP contribution in [0.3, 0.4) is 0 Å². The Hall–Kier alpha value is -1.33. The number of rotatable bonds is 2. The van der Waals surface area contributed by atoms with E-state index in [1.54, 1.807) is 0 Å². The fourth-order valence-corrected chi connectivity index (χ4v) is 3.46. The highest BCUT2D eigenvalue weighted by molar-refractivity contribution is 9.11. The molecule has 1 aromatic carbocycles. The van der Waals surface area contributed by atoms with Gasteiger partial charge in [-0.3, -0.25) is 0 Å². The van der Waals surface area contributed by atoms with Crippen LogP contribution in [0.15, 0.2) is 40.1 Å². The zero-order chi connectivity index (χ0) is 14.7. The molecule has 2 aliphatic heterocycles. The first-order valence-corrected chi connectivity index (χ1v) is 8.23. The maximum absolute atomic E-state index is 4.69. The molecule has 3 rings (SSSR count). The Morgan fingerprint density at radius 1 is 1.19 bits per heavy atom. The van der Waals surface area contributed by atoms with E-state index in [4.69, 9.17) is 0 Å². The van der Waals surface area contributed by atoms with Gasteiger partial charge >= 0.3 is 0 Å². The molecule has 112 valence electrons. The molecular formula is C16H21BrN4. The van der Waals surface area contributed by atoms with Crippen molar-refractivity contribution in [3.05, 3.63) is 40.6 Å². The van der Waals surface area contributed by atoms with Crippen molar-refractivity contribution in [2.75, 3.05) is 26.7 Å². The molecule has 0 bridgehead atoms. The summed E-state index contributed by atoms with van der Waals surface area (Å²) in [5.74, 6) is 1.66. The molecule has 21 heavy (non-hydrogen) atoms. The summed E-state index contributed by atoms with van der Waals surface area (Å²) in [6.07, 6.45) is 4.48. The van der Waals surface area contributed by atoms with Crippen molar-refractivity contribution in [3.8, 4) is 0 Å². The van der Waals surface area contributed by atoms with E-state index < -0.39 is 0 Å². The van der Waals surface area contributed by atoms with Crippen LogP contribution in [-0.2, 0) is 0 Å². The molecule has 2 N–H and O–H groups in total. The molecule has 4 nitrogen and oxygen atoms in total. The maximum Gasteiger partial charge on any atom is 0.127 e. The molecule has 0 spiro atoms. The highest BCUT2D eigenvalue weighted by Crippen LogP contribution is 2.27. The van der Waals surface area contributed by atoms with Crippen LogP contribution in [0, 0.1) is 0 Å². The van der Waals surface area contributed by atoms with Crippen LogP contribution in [0.4, 0.5) is 5.69 Å². The molecule has 5 heteroatoms. The number of hydrogen-bond donors (Lipinski definition) is 2. The molecule has 1 fully saturated rings. The Kier molecular flexibility index (Phi) is 4.60. The third-order valence-electron chi connectivity index (χ3n) is 3.96. The van der Waals surface area contributed by atoms with E-state index in [0.717, 1.165) is 35.8 Å². The molecule has 0 aromatic heterocycles. The smallest absolute Gasteiger partial charge is 0.127 e. The van der Waals surface area contributed by atoms with Gasteiger partial charge in [0.15, 0.2) is 0 Å². The average molecular weight is 349 g/mol. The highest BCUT2D eigenvalue weighted by atomic mass is 79.9. The highest BCUT2D eigenvalue weighted by Gasteiger charge is 2.15. The van der Waals surface area contributed by atoms with Gasteiger partial charge in [-0.05, 0) is 65.5 Å². The van der Waals surface area contributed by atoms with Crippen molar-refractivity contribution in [1.29, 1.82) is 0 Å². The van der Waals surface area contributed by atoms with Crippen molar-refractivity contribution in [2.24, 2.45) is 4.99 Å². The van der Waals surface area contributed by atoms with Crippen molar-refractivity contribution in [2.45, 2.75) is 18.8 Å². The first-order valence-electron chi connectivity index (χ1n) is 7.43. The zero-order valence-corrected chi connectivity index (χ0v) is 13.9. The number of amidine groups is 1. The quantitative estimate of drug-likeness (QED) is 0.807. The lowest BCUT2D eigenvalue weighted by molar-refractivity contribution is 0.460. The summed E-state index contributed by atoms with van der Waals surface area (Å²) < 4.78 is 0.946. The molecule has 1 saturated heterocycles. The standard InChI is InChI=1S/C16H21BrN4/c1-21-10-15(17)20-16(11-21)19-14-4-2-12(3-5-14)13-6-8-18-9-7-13/h2-5,10,13,18H,6-9,11H2,1H3,(H,19,20). The summed E-state index contributed by atoms with van der Waals surface area (Å²) >= 11 is 3.47. The Morgan fingerprint density at radius 2 is 1.90 bits per heavy atom. The van der Waals surface area contributed by atoms with Gasteiger partial charge in [0.1, 0.15) is 5.84 Å². The third kappa shape index (κ3) is 3.86. The van der Waals surface area contributed by atoms with E-state index in [9.17, 15) is 0 Å². The van der Waals surface area contributed by atoms with Crippen LogP contribution in [-0.4, -0.2) is 37.4 Å². The van der Waals surface area contributed by atoms with Gasteiger partial charge in [0.25, 0.3) is 0 Å². The number of nitrogens with zero attached hydrogens (tertiary/aromatic N) is 2. The topological polar surface area (TPSA) is 39.7 Å². The second-order valence-electron chi connectivity index (χ2n) is 5.69. The first kappa shape index (κ1) is 14.6. The summed E-state index contributed by atoms with van der Waals surface area (Å²) in [6.45, 7) is 3.06. The summed E-state index contributed by atoms with van der Waals surface area (Å²) in [7, 11) is 2.04. The van der Waals surface area contributed by atoms with E-state index in [1.807, 2.05) is 13.2 Å². The fraction of sp³-hybridized carbons (Fsp3) is 0.438. The largest absolute Gasteiger partial charge is 0.371 e. The lowest BCUT2D eigenvalue weighted by Gasteiger charge is -2.24. The van der Waals surface area contributed by atoms with Gasteiger partial charge in [-0.25, -0.2) is 4.99 Å². The molecule has 0 amide bonds. The van der Waals surface area contributed by atoms with Crippen molar-refractivity contribution in [3.63, 3.8) is 0 Å². The molecule has 0 atom stereocenters. The van der Waals surface area contributed by atoms with Crippen molar-refractivity contribution >= 4 is 27.5 Å². The Balaban J connectivity index is 1.71. The van der Waals surface area contributed by atoms with Crippen LogP contribution in [0.2, 0.25) is 0 Å². The number of piperidine rings is 1. The number of aliphatic imine (C=N–C) groups is 1. The van der Waals surface area contributed by atoms with Gasteiger partial charge < -0.3 is 15.5 Å².